The molecule has 0 unspecified atom stereocenters. The molecule has 6 nitrogen and oxygen atoms in total. The largest absolute Gasteiger partial charge is 0.451 e. The van der Waals surface area contributed by atoms with E-state index < -0.39 is 22.9 Å². The number of H-pyrrole nitrogens is 1. The molecular formula is C18H18N2O4S2. The SMILES string of the molecule is Cc1sc2nc([C@H](C)OC(=O)c3ccccc3[S@@](C)=O)[nH]c(=O)c2c1C. The fraction of sp³-hybridized carbons (Fsp3) is 0.278. The van der Waals surface area contributed by atoms with Crippen LogP contribution in [0.15, 0.2) is 34.0 Å². The lowest BCUT2D eigenvalue weighted by atomic mass is 10.2. The number of carbonyl (C=O) groups excluding carboxylic acids is 1. The minimum Gasteiger partial charge on any atom is -0.451 e. The summed E-state index contributed by atoms with van der Waals surface area (Å²) in [6.45, 7) is 5.46. The van der Waals surface area contributed by atoms with Gasteiger partial charge in [0.2, 0.25) is 0 Å². The number of aromatic amines is 1. The molecule has 2 heterocycles. The number of esters is 1. The highest BCUT2D eigenvalue weighted by molar-refractivity contribution is 7.84. The molecule has 1 N–H and O–H groups in total. The van der Waals surface area contributed by atoms with Crippen molar-refractivity contribution < 1.29 is 13.7 Å². The number of nitrogens with zero attached hydrogens (tertiary/aromatic N) is 1. The summed E-state index contributed by atoms with van der Waals surface area (Å²) in [7, 11) is -1.32. The summed E-state index contributed by atoms with van der Waals surface area (Å²) >= 11 is 1.43. The first-order valence-corrected chi connectivity index (χ1v) is 10.3. The zero-order chi connectivity index (χ0) is 19.0. The van der Waals surface area contributed by atoms with Gasteiger partial charge in [0.15, 0.2) is 11.9 Å². The van der Waals surface area contributed by atoms with E-state index in [2.05, 4.69) is 9.97 Å². The summed E-state index contributed by atoms with van der Waals surface area (Å²) in [5.41, 5.74) is 0.908. The number of ether oxygens (including phenoxy) is 1. The van der Waals surface area contributed by atoms with Gasteiger partial charge >= 0.3 is 5.97 Å². The second-order valence-corrected chi connectivity index (χ2v) is 8.46. The molecule has 0 fully saturated rings. The number of benzene rings is 1. The Morgan fingerprint density at radius 3 is 2.69 bits per heavy atom. The third-order valence-electron chi connectivity index (χ3n) is 4.14. The molecule has 136 valence electrons. The summed E-state index contributed by atoms with van der Waals surface area (Å²) in [4.78, 5) is 34.1. The Bertz CT molecular complexity index is 1080. The van der Waals surface area contributed by atoms with Crippen LogP contribution in [-0.2, 0) is 15.5 Å². The van der Waals surface area contributed by atoms with Crippen LogP contribution >= 0.6 is 11.3 Å². The summed E-state index contributed by atoms with van der Waals surface area (Å²) in [6.07, 6.45) is 0.755. The van der Waals surface area contributed by atoms with Crippen molar-refractivity contribution >= 4 is 38.3 Å². The molecule has 1 aromatic carbocycles. The minimum absolute atomic E-state index is 0.242. The number of aryl methyl sites for hydroxylation is 2. The fourth-order valence-electron chi connectivity index (χ4n) is 2.63. The zero-order valence-electron chi connectivity index (χ0n) is 14.8. The first-order chi connectivity index (χ1) is 12.3. The van der Waals surface area contributed by atoms with Gasteiger partial charge in [0.1, 0.15) is 4.83 Å². The van der Waals surface area contributed by atoms with Gasteiger partial charge in [-0.15, -0.1) is 11.3 Å². The van der Waals surface area contributed by atoms with Gasteiger partial charge in [0.25, 0.3) is 5.56 Å². The van der Waals surface area contributed by atoms with Gasteiger partial charge in [-0.2, -0.15) is 0 Å². The third-order valence-corrected chi connectivity index (χ3v) is 6.22. The van der Waals surface area contributed by atoms with Crippen molar-refractivity contribution in [2.45, 2.75) is 31.8 Å². The Morgan fingerprint density at radius 2 is 2.00 bits per heavy atom. The maximum Gasteiger partial charge on any atom is 0.340 e. The third kappa shape index (κ3) is 3.34. The predicted molar refractivity (Wildman–Crippen MR) is 102 cm³/mol. The van der Waals surface area contributed by atoms with Crippen LogP contribution in [0.5, 0.6) is 0 Å². The summed E-state index contributed by atoms with van der Waals surface area (Å²) in [5.74, 6) is -0.322. The molecule has 2 atom stereocenters. The van der Waals surface area contributed by atoms with Crippen molar-refractivity contribution in [3.63, 3.8) is 0 Å². The second-order valence-electron chi connectivity index (χ2n) is 5.91. The normalized spacial score (nSPS) is 13.5. The first kappa shape index (κ1) is 18.5. The molecule has 0 bridgehead atoms. The molecule has 3 rings (SSSR count). The molecule has 0 saturated carbocycles. The summed E-state index contributed by atoms with van der Waals surface area (Å²) in [6, 6.07) is 6.59. The molecule has 0 amide bonds. The van der Waals surface area contributed by atoms with E-state index in [-0.39, 0.29) is 16.9 Å². The van der Waals surface area contributed by atoms with Crippen molar-refractivity contribution in [3.05, 3.63) is 56.4 Å². The van der Waals surface area contributed by atoms with Crippen LogP contribution in [0.4, 0.5) is 0 Å². The van der Waals surface area contributed by atoms with Crippen LogP contribution in [0.2, 0.25) is 0 Å². The van der Waals surface area contributed by atoms with E-state index in [4.69, 9.17) is 4.74 Å². The summed E-state index contributed by atoms with van der Waals surface area (Å²) < 4.78 is 17.2. The Kier molecular flexibility index (Phi) is 5.06. The van der Waals surface area contributed by atoms with Crippen LogP contribution in [0, 0.1) is 13.8 Å². The quantitative estimate of drug-likeness (QED) is 0.691. The van der Waals surface area contributed by atoms with Gasteiger partial charge in [-0.05, 0) is 38.5 Å². The molecule has 3 aromatic rings. The number of thiophene rings is 1. The van der Waals surface area contributed by atoms with Crippen molar-refractivity contribution in [1.82, 2.24) is 9.97 Å². The van der Waals surface area contributed by atoms with Crippen LogP contribution in [-0.4, -0.2) is 26.4 Å². The highest BCUT2D eigenvalue weighted by atomic mass is 32.2. The number of hydrogen-bond donors (Lipinski definition) is 1. The average molecular weight is 390 g/mol. The van der Waals surface area contributed by atoms with Crippen molar-refractivity contribution in [3.8, 4) is 0 Å². The molecular weight excluding hydrogens is 372 g/mol. The number of rotatable bonds is 4. The smallest absolute Gasteiger partial charge is 0.340 e. The molecule has 8 heteroatoms. The monoisotopic (exact) mass is 390 g/mol. The van der Waals surface area contributed by atoms with Gasteiger partial charge in [-0.3, -0.25) is 9.00 Å². The molecule has 0 saturated heterocycles. The van der Waals surface area contributed by atoms with Gasteiger partial charge in [0, 0.05) is 11.1 Å². The maximum absolute atomic E-state index is 12.5. The number of carbonyl (C=O) groups is 1. The van der Waals surface area contributed by atoms with E-state index in [9.17, 15) is 13.8 Å². The molecule has 0 radical (unpaired) electrons. The lowest BCUT2D eigenvalue weighted by Crippen LogP contribution is -2.18. The Hall–Kier alpha value is -2.32. The van der Waals surface area contributed by atoms with Gasteiger partial charge in [0.05, 0.1) is 26.6 Å². The Labute approximate surface area is 156 Å². The van der Waals surface area contributed by atoms with E-state index in [0.717, 1.165) is 10.4 Å². The van der Waals surface area contributed by atoms with Gasteiger partial charge in [-0.25, -0.2) is 9.78 Å². The Balaban J connectivity index is 1.92. The summed E-state index contributed by atoms with van der Waals surface area (Å²) in [5, 5.41) is 0.571. The molecule has 0 aliphatic carbocycles. The number of aromatic nitrogens is 2. The molecule has 0 aliphatic heterocycles. The highest BCUT2D eigenvalue weighted by Gasteiger charge is 2.21. The number of hydrogen-bond acceptors (Lipinski definition) is 6. The molecule has 26 heavy (non-hydrogen) atoms. The number of fused-ring (bicyclic) bond motifs is 1. The van der Waals surface area contributed by atoms with Crippen LogP contribution in [0.3, 0.4) is 0 Å². The van der Waals surface area contributed by atoms with E-state index in [1.54, 1.807) is 31.2 Å². The Morgan fingerprint density at radius 1 is 1.31 bits per heavy atom. The first-order valence-electron chi connectivity index (χ1n) is 7.93. The van der Waals surface area contributed by atoms with E-state index in [0.29, 0.717) is 15.1 Å². The van der Waals surface area contributed by atoms with Crippen LogP contribution < -0.4 is 5.56 Å². The van der Waals surface area contributed by atoms with Gasteiger partial charge in [-0.1, -0.05) is 12.1 Å². The second kappa shape index (κ2) is 7.13. The minimum atomic E-state index is -1.32. The lowest BCUT2D eigenvalue weighted by molar-refractivity contribution is 0.0315. The highest BCUT2D eigenvalue weighted by Crippen LogP contribution is 2.27. The zero-order valence-corrected chi connectivity index (χ0v) is 16.4. The molecule has 0 aliphatic rings. The average Bonchev–Trinajstić information content (AvgIpc) is 2.89. The van der Waals surface area contributed by atoms with Gasteiger partial charge < -0.3 is 9.72 Å². The van der Waals surface area contributed by atoms with Crippen molar-refractivity contribution in [2.75, 3.05) is 6.26 Å². The standard InChI is InChI=1S/C18H18N2O4S2/c1-9-11(3)25-17-14(9)16(21)19-15(20-17)10(2)24-18(22)12-7-5-6-8-13(12)26(4)23/h5-8,10H,1-4H3,(H,19,20,21)/t10-,26+/m0/s1. The van der Waals surface area contributed by atoms with E-state index in [1.807, 2.05) is 13.8 Å². The predicted octanol–water partition coefficient (Wildman–Crippen LogP) is 3.26. The van der Waals surface area contributed by atoms with Crippen LogP contribution in [0.25, 0.3) is 10.2 Å². The molecule has 2 aromatic heterocycles. The maximum atomic E-state index is 12.5. The number of nitrogens with one attached hydrogen (secondary N) is 1. The fourth-order valence-corrected chi connectivity index (χ4v) is 4.40. The van der Waals surface area contributed by atoms with Crippen molar-refractivity contribution in [1.29, 1.82) is 0 Å². The lowest BCUT2D eigenvalue weighted by Gasteiger charge is -2.14. The topological polar surface area (TPSA) is 89.1 Å². The van der Waals surface area contributed by atoms with Crippen LogP contribution in [0.1, 0.15) is 39.7 Å². The van der Waals surface area contributed by atoms with E-state index >= 15 is 0 Å². The molecule has 0 spiro atoms. The van der Waals surface area contributed by atoms with E-state index in [1.165, 1.54) is 17.6 Å². The van der Waals surface area contributed by atoms with Crippen molar-refractivity contribution in [2.24, 2.45) is 0 Å².